The van der Waals surface area contributed by atoms with Gasteiger partial charge in [-0.2, -0.15) is 5.26 Å². The molecule has 1 aliphatic rings. The predicted molar refractivity (Wildman–Crippen MR) is 132 cm³/mol. The van der Waals surface area contributed by atoms with E-state index in [9.17, 15) is 19.2 Å². The Hall–Kier alpha value is -5.10. The van der Waals surface area contributed by atoms with Gasteiger partial charge in [0, 0.05) is 0 Å². The fourth-order valence-electron chi connectivity index (χ4n) is 4.12. The van der Waals surface area contributed by atoms with Gasteiger partial charge in [0.05, 0.1) is 43.0 Å². The van der Waals surface area contributed by atoms with Crippen molar-refractivity contribution < 1.29 is 28.2 Å². The monoisotopic (exact) mass is 499 g/mol. The Morgan fingerprint density at radius 1 is 0.919 bits per heavy atom. The highest BCUT2D eigenvalue weighted by Gasteiger charge is 2.43. The van der Waals surface area contributed by atoms with Gasteiger partial charge >= 0.3 is 11.9 Å². The number of anilines is 1. The van der Waals surface area contributed by atoms with Gasteiger partial charge in [-0.1, -0.05) is 42.5 Å². The molecular weight excluding hydrogens is 477 g/mol. The molecule has 0 spiro atoms. The molecular formula is C28H22FN3O5. The topological polar surface area (TPSA) is 115 Å². The Balaban J connectivity index is 2.00. The second-order valence-corrected chi connectivity index (χ2v) is 7.86. The summed E-state index contributed by atoms with van der Waals surface area (Å²) in [5.74, 6) is -2.71. The van der Waals surface area contributed by atoms with Crippen LogP contribution in [-0.4, -0.2) is 26.2 Å². The Labute approximate surface area is 212 Å². The number of allylic oxidation sites excluding steroid dienone is 1. The number of rotatable bonds is 6. The summed E-state index contributed by atoms with van der Waals surface area (Å²) in [6, 6.07) is 22.7. The molecule has 186 valence electrons. The average molecular weight is 499 g/mol. The maximum Gasteiger partial charge on any atom is 0.355 e. The van der Waals surface area contributed by atoms with E-state index in [0.717, 1.165) is 0 Å². The van der Waals surface area contributed by atoms with Gasteiger partial charge in [0.1, 0.15) is 23.1 Å². The molecule has 0 bridgehead atoms. The molecule has 0 aromatic heterocycles. The summed E-state index contributed by atoms with van der Waals surface area (Å²) < 4.78 is 29.5. The maximum absolute atomic E-state index is 13.4. The van der Waals surface area contributed by atoms with E-state index in [-0.39, 0.29) is 34.1 Å². The number of methoxy groups -OCH3 is 2. The van der Waals surface area contributed by atoms with Crippen LogP contribution in [0, 0.1) is 17.1 Å². The number of halogens is 1. The van der Waals surface area contributed by atoms with Gasteiger partial charge in [-0.05, 0) is 42.0 Å². The summed E-state index contributed by atoms with van der Waals surface area (Å²) >= 11 is 0. The lowest BCUT2D eigenvalue weighted by Gasteiger charge is -2.36. The Morgan fingerprint density at radius 3 is 2.16 bits per heavy atom. The molecule has 0 fully saturated rings. The van der Waals surface area contributed by atoms with Crippen LogP contribution in [-0.2, 0) is 19.1 Å². The average Bonchev–Trinajstić information content (AvgIpc) is 2.93. The second-order valence-electron chi connectivity index (χ2n) is 7.86. The van der Waals surface area contributed by atoms with E-state index < -0.39 is 23.7 Å². The number of nitriles is 1. The molecule has 8 nitrogen and oxygen atoms in total. The van der Waals surface area contributed by atoms with Crippen molar-refractivity contribution in [2.75, 3.05) is 19.1 Å². The Bertz CT molecular complexity index is 1440. The lowest BCUT2D eigenvalue weighted by molar-refractivity contribution is -0.139. The zero-order valence-electron chi connectivity index (χ0n) is 20.0. The van der Waals surface area contributed by atoms with Gasteiger partial charge in [0.2, 0.25) is 0 Å². The van der Waals surface area contributed by atoms with Crippen molar-refractivity contribution in [2.24, 2.45) is 5.73 Å². The van der Waals surface area contributed by atoms with E-state index in [2.05, 4.69) is 6.07 Å². The van der Waals surface area contributed by atoms with Gasteiger partial charge in [-0.25, -0.2) is 14.0 Å². The number of hydrogen-bond donors (Lipinski definition) is 1. The normalized spacial score (nSPS) is 15.2. The van der Waals surface area contributed by atoms with Crippen molar-refractivity contribution in [1.29, 1.82) is 5.26 Å². The molecule has 2 N–H and O–H groups in total. The van der Waals surface area contributed by atoms with E-state index in [0.29, 0.717) is 11.3 Å². The van der Waals surface area contributed by atoms with Crippen molar-refractivity contribution in [3.63, 3.8) is 0 Å². The summed E-state index contributed by atoms with van der Waals surface area (Å²) in [5, 5.41) is 10.2. The van der Waals surface area contributed by atoms with Crippen molar-refractivity contribution in [3.8, 4) is 17.6 Å². The zero-order chi connectivity index (χ0) is 26.5. The number of esters is 2. The smallest absolute Gasteiger partial charge is 0.355 e. The van der Waals surface area contributed by atoms with Gasteiger partial charge in [-0.15, -0.1) is 0 Å². The van der Waals surface area contributed by atoms with Gasteiger partial charge < -0.3 is 19.9 Å². The fourth-order valence-corrected chi connectivity index (χ4v) is 4.12. The molecule has 9 heteroatoms. The number of hydrogen-bond acceptors (Lipinski definition) is 8. The SMILES string of the molecule is COC(=O)C1=C(C(=O)OC)N(c2ccccc2Oc2ccc(F)cc2)C(N)=C(C#N)C1c1ccccc1. The Kier molecular flexibility index (Phi) is 7.21. The highest BCUT2D eigenvalue weighted by atomic mass is 19.1. The van der Waals surface area contributed by atoms with Crippen LogP contribution in [0.4, 0.5) is 10.1 Å². The van der Waals surface area contributed by atoms with E-state index >= 15 is 0 Å². The first kappa shape index (κ1) is 25.0. The quantitative estimate of drug-likeness (QED) is 0.493. The van der Waals surface area contributed by atoms with Crippen LogP contribution in [0.5, 0.6) is 11.5 Å². The molecule has 1 heterocycles. The molecule has 1 aliphatic heterocycles. The summed E-state index contributed by atoms with van der Waals surface area (Å²) in [7, 11) is 2.34. The summed E-state index contributed by atoms with van der Waals surface area (Å²) in [5.41, 5.74) is 7.02. The maximum atomic E-state index is 13.4. The molecule has 0 saturated heterocycles. The largest absolute Gasteiger partial charge is 0.466 e. The molecule has 1 unspecified atom stereocenters. The first-order valence-corrected chi connectivity index (χ1v) is 11.1. The molecule has 0 amide bonds. The van der Waals surface area contributed by atoms with Crippen molar-refractivity contribution in [1.82, 2.24) is 0 Å². The highest BCUT2D eigenvalue weighted by molar-refractivity contribution is 6.06. The van der Waals surface area contributed by atoms with Crippen LogP contribution >= 0.6 is 0 Å². The molecule has 0 aliphatic carbocycles. The molecule has 4 rings (SSSR count). The van der Waals surface area contributed by atoms with Crippen LogP contribution in [0.3, 0.4) is 0 Å². The second kappa shape index (κ2) is 10.7. The van der Waals surface area contributed by atoms with E-state index in [1.54, 1.807) is 54.6 Å². The molecule has 3 aromatic rings. The summed E-state index contributed by atoms with van der Waals surface area (Å²) in [6.45, 7) is 0. The minimum atomic E-state index is -0.992. The zero-order valence-corrected chi connectivity index (χ0v) is 20.0. The lowest BCUT2D eigenvalue weighted by Crippen LogP contribution is -2.40. The molecule has 37 heavy (non-hydrogen) atoms. The molecule has 1 atom stereocenters. The number of carbonyl (C=O) groups is 2. The van der Waals surface area contributed by atoms with Crippen molar-refractivity contribution in [3.05, 3.63) is 113 Å². The summed E-state index contributed by atoms with van der Waals surface area (Å²) in [4.78, 5) is 27.7. The van der Waals surface area contributed by atoms with Crippen LogP contribution in [0.1, 0.15) is 11.5 Å². The molecule has 3 aromatic carbocycles. The first-order valence-electron chi connectivity index (χ1n) is 11.1. The lowest BCUT2D eigenvalue weighted by atomic mass is 9.81. The first-order chi connectivity index (χ1) is 17.9. The summed E-state index contributed by atoms with van der Waals surface area (Å²) in [6.07, 6.45) is 0. The van der Waals surface area contributed by atoms with E-state index in [1.165, 1.54) is 43.4 Å². The van der Waals surface area contributed by atoms with Gasteiger partial charge in [0.25, 0.3) is 0 Å². The number of ether oxygens (including phenoxy) is 3. The third-order valence-corrected chi connectivity index (χ3v) is 5.76. The number of para-hydroxylation sites is 2. The molecule has 0 saturated carbocycles. The highest BCUT2D eigenvalue weighted by Crippen LogP contribution is 2.45. The minimum Gasteiger partial charge on any atom is -0.466 e. The van der Waals surface area contributed by atoms with Gasteiger partial charge in [0.15, 0.2) is 5.75 Å². The van der Waals surface area contributed by atoms with Crippen molar-refractivity contribution >= 4 is 17.6 Å². The van der Waals surface area contributed by atoms with Crippen molar-refractivity contribution in [2.45, 2.75) is 5.92 Å². The number of nitrogens with zero attached hydrogens (tertiary/aromatic N) is 2. The van der Waals surface area contributed by atoms with Crippen LogP contribution < -0.4 is 15.4 Å². The number of nitrogens with two attached hydrogens (primary N) is 1. The van der Waals surface area contributed by atoms with E-state index in [4.69, 9.17) is 19.9 Å². The van der Waals surface area contributed by atoms with Crippen LogP contribution in [0.15, 0.2) is 102 Å². The fraction of sp³-hybridized carbons (Fsp3) is 0.107. The standard InChI is InChI=1S/C28H22FN3O5/c1-35-27(33)24-23(17-8-4-3-5-9-17)20(16-30)26(31)32(25(24)28(34)36-2)21-10-6-7-11-22(21)37-19-14-12-18(29)13-15-19/h3-15,23H,31H2,1-2H3. The van der Waals surface area contributed by atoms with Crippen LogP contribution in [0.2, 0.25) is 0 Å². The predicted octanol–water partition coefficient (Wildman–Crippen LogP) is 4.52. The van der Waals surface area contributed by atoms with Gasteiger partial charge in [-0.3, -0.25) is 4.90 Å². The number of benzene rings is 3. The number of carbonyl (C=O) groups excluding carboxylic acids is 2. The third-order valence-electron chi connectivity index (χ3n) is 5.76. The molecule has 0 radical (unpaired) electrons. The van der Waals surface area contributed by atoms with E-state index in [1.807, 2.05) is 0 Å². The van der Waals surface area contributed by atoms with Crippen LogP contribution in [0.25, 0.3) is 0 Å². The third kappa shape index (κ3) is 4.73. The minimum absolute atomic E-state index is 0.0239. The Morgan fingerprint density at radius 2 is 1.54 bits per heavy atom.